The summed E-state index contributed by atoms with van der Waals surface area (Å²) >= 11 is 0. The summed E-state index contributed by atoms with van der Waals surface area (Å²) in [6.07, 6.45) is 5.59. The molecule has 1 saturated heterocycles. The quantitative estimate of drug-likeness (QED) is 0.878. The highest BCUT2D eigenvalue weighted by atomic mass is 32.2. The van der Waals surface area contributed by atoms with Crippen molar-refractivity contribution in [3.63, 3.8) is 0 Å². The molecule has 1 aliphatic rings. The molecule has 0 aromatic heterocycles. The number of likely N-dealkylation sites (tertiary alicyclic amines) is 1. The fourth-order valence-corrected chi connectivity index (χ4v) is 3.48. The predicted octanol–water partition coefficient (Wildman–Crippen LogP) is 1.60. The summed E-state index contributed by atoms with van der Waals surface area (Å²) in [5.41, 5.74) is 1.39. The summed E-state index contributed by atoms with van der Waals surface area (Å²) in [5, 5.41) is 0. The second-order valence-electron chi connectivity index (χ2n) is 5.30. The van der Waals surface area contributed by atoms with Gasteiger partial charge in [-0.25, -0.2) is 0 Å². The van der Waals surface area contributed by atoms with E-state index in [4.69, 9.17) is 0 Å². The van der Waals surface area contributed by atoms with Crippen molar-refractivity contribution in [2.45, 2.75) is 37.0 Å². The van der Waals surface area contributed by atoms with Crippen LogP contribution in [-0.2, 0) is 10.8 Å². The van der Waals surface area contributed by atoms with Crippen molar-refractivity contribution in [3.05, 3.63) is 29.8 Å². The van der Waals surface area contributed by atoms with Crippen molar-refractivity contribution >= 4 is 10.8 Å². The van der Waals surface area contributed by atoms with Crippen molar-refractivity contribution in [3.8, 4) is 0 Å². The first kappa shape index (κ1) is 13.8. The Bertz CT molecular complexity index is 411. The molecule has 0 amide bonds. The van der Waals surface area contributed by atoms with Crippen LogP contribution < -0.4 is 4.90 Å². The van der Waals surface area contributed by atoms with E-state index in [1.807, 2.05) is 6.07 Å². The van der Waals surface area contributed by atoms with Crippen LogP contribution in [-0.4, -0.2) is 30.1 Å². The van der Waals surface area contributed by atoms with Crippen molar-refractivity contribution < 1.29 is 9.11 Å². The van der Waals surface area contributed by atoms with Gasteiger partial charge >= 0.3 is 0 Å². The number of rotatable bonds is 4. The molecule has 1 aliphatic heterocycles. The maximum Gasteiger partial charge on any atom is 0.0776 e. The van der Waals surface area contributed by atoms with Crippen LogP contribution in [0.5, 0.6) is 0 Å². The predicted molar refractivity (Wildman–Crippen MR) is 76.6 cm³/mol. The van der Waals surface area contributed by atoms with Gasteiger partial charge in [-0.2, -0.15) is 0 Å². The summed E-state index contributed by atoms with van der Waals surface area (Å²) in [7, 11) is -0.859. The fourth-order valence-electron chi connectivity index (χ4n) is 2.91. The fraction of sp³-hybridized carbons (Fsp3) is 0.600. The second-order valence-corrected chi connectivity index (χ2v) is 6.68. The highest BCUT2D eigenvalue weighted by Crippen LogP contribution is 2.25. The van der Waals surface area contributed by atoms with Gasteiger partial charge in [-0.3, -0.25) is 4.21 Å². The van der Waals surface area contributed by atoms with Gasteiger partial charge in [0, 0.05) is 34.8 Å². The number of quaternary nitrogens is 1. The van der Waals surface area contributed by atoms with Gasteiger partial charge in [0.1, 0.15) is 0 Å². The summed E-state index contributed by atoms with van der Waals surface area (Å²) < 4.78 is 11.5. The van der Waals surface area contributed by atoms with E-state index >= 15 is 0 Å². The van der Waals surface area contributed by atoms with E-state index in [-0.39, 0.29) is 0 Å². The van der Waals surface area contributed by atoms with Crippen LogP contribution in [0, 0.1) is 0 Å². The van der Waals surface area contributed by atoms with Crippen LogP contribution in [0.2, 0.25) is 0 Å². The minimum Gasteiger partial charge on any atom is -0.335 e. The van der Waals surface area contributed by atoms with Crippen molar-refractivity contribution in [1.29, 1.82) is 0 Å². The summed E-state index contributed by atoms with van der Waals surface area (Å²) in [6.45, 7) is 6.15. The minimum absolute atomic E-state index is 0.675. The molecule has 1 aromatic rings. The maximum absolute atomic E-state index is 11.5. The summed E-state index contributed by atoms with van der Waals surface area (Å²) in [6, 6.07) is 8.37. The normalized spacial score (nSPS) is 25.9. The zero-order valence-electron chi connectivity index (χ0n) is 11.4. The van der Waals surface area contributed by atoms with E-state index in [1.54, 1.807) is 11.2 Å². The van der Waals surface area contributed by atoms with Gasteiger partial charge in [0.05, 0.1) is 19.6 Å². The van der Waals surface area contributed by atoms with Crippen LogP contribution in [0.3, 0.4) is 0 Å². The molecule has 1 aromatic carbocycles. The molecule has 100 valence electrons. The lowest BCUT2D eigenvalue weighted by Crippen LogP contribution is -3.13. The summed E-state index contributed by atoms with van der Waals surface area (Å²) in [4.78, 5) is 2.72. The Labute approximate surface area is 113 Å². The largest absolute Gasteiger partial charge is 0.335 e. The molecule has 1 fully saturated rings. The van der Waals surface area contributed by atoms with Crippen LogP contribution >= 0.6 is 0 Å². The molecule has 3 heteroatoms. The number of nitrogens with one attached hydrogen (secondary N) is 1. The lowest BCUT2D eigenvalue weighted by Gasteiger charge is -2.29. The van der Waals surface area contributed by atoms with Crippen LogP contribution in [0.25, 0.3) is 0 Å². The Morgan fingerprint density at radius 1 is 1.33 bits per heavy atom. The molecule has 2 rings (SSSR count). The smallest absolute Gasteiger partial charge is 0.0776 e. The third kappa shape index (κ3) is 3.42. The Balaban J connectivity index is 2.01. The van der Waals surface area contributed by atoms with E-state index in [2.05, 4.69) is 25.1 Å². The average Bonchev–Trinajstić information content (AvgIpc) is 2.40. The number of hydrogen-bond donors (Lipinski definition) is 1. The Kier molecular flexibility index (Phi) is 4.95. The zero-order valence-corrected chi connectivity index (χ0v) is 12.3. The lowest BCUT2D eigenvalue weighted by atomic mass is 9.89. The third-order valence-electron chi connectivity index (χ3n) is 3.96. The molecule has 1 unspecified atom stereocenters. The monoisotopic (exact) mass is 266 g/mol. The number of hydrogen-bond acceptors (Lipinski definition) is 1. The van der Waals surface area contributed by atoms with Crippen LogP contribution in [0.4, 0.5) is 0 Å². The minimum atomic E-state index is -0.859. The Hall–Kier alpha value is -0.670. The lowest BCUT2D eigenvalue weighted by molar-refractivity contribution is -0.905. The molecule has 0 radical (unpaired) electrons. The first-order chi connectivity index (χ1) is 8.70. The molecular formula is C15H24NOS+. The van der Waals surface area contributed by atoms with Crippen molar-refractivity contribution in [2.75, 3.05) is 25.9 Å². The molecule has 0 saturated carbocycles. The summed E-state index contributed by atoms with van der Waals surface area (Å²) in [5.74, 6) is 0.675. The molecule has 18 heavy (non-hydrogen) atoms. The molecule has 2 nitrogen and oxygen atoms in total. The van der Waals surface area contributed by atoms with Gasteiger partial charge in [0.2, 0.25) is 0 Å². The van der Waals surface area contributed by atoms with Gasteiger partial charge in [0.25, 0.3) is 0 Å². The second kappa shape index (κ2) is 6.48. The number of piperidine rings is 1. The highest BCUT2D eigenvalue weighted by molar-refractivity contribution is 7.84. The zero-order chi connectivity index (χ0) is 13.0. The van der Waals surface area contributed by atoms with Crippen molar-refractivity contribution in [1.82, 2.24) is 0 Å². The average molecular weight is 266 g/mol. The van der Waals surface area contributed by atoms with Gasteiger partial charge < -0.3 is 4.90 Å². The third-order valence-corrected chi connectivity index (χ3v) is 4.88. The molecule has 0 bridgehead atoms. The van der Waals surface area contributed by atoms with E-state index in [0.29, 0.717) is 5.92 Å². The standard InChI is InChI=1S/C15H23NOS/c1-3-9-16-10-7-13(8-11-16)14-5-4-6-15(12-14)18(2)17/h4-6,12-13H,3,7-11H2,1-2H3/p+1. The van der Waals surface area contributed by atoms with E-state index < -0.39 is 10.8 Å². The number of benzene rings is 1. The van der Waals surface area contributed by atoms with Gasteiger partial charge in [0.15, 0.2) is 0 Å². The van der Waals surface area contributed by atoms with Gasteiger partial charge in [-0.15, -0.1) is 0 Å². The van der Waals surface area contributed by atoms with Gasteiger partial charge in [-0.05, 0) is 30.0 Å². The molecule has 0 spiro atoms. The highest BCUT2D eigenvalue weighted by Gasteiger charge is 2.22. The van der Waals surface area contributed by atoms with Crippen molar-refractivity contribution in [2.24, 2.45) is 0 Å². The van der Waals surface area contributed by atoms with Crippen LogP contribution in [0.1, 0.15) is 37.7 Å². The van der Waals surface area contributed by atoms with E-state index in [9.17, 15) is 4.21 Å². The van der Waals surface area contributed by atoms with E-state index in [0.717, 1.165) is 4.90 Å². The topological polar surface area (TPSA) is 21.5 Å². The van der Waals surface area contributed by atoms with Crippen LogP contribution in [0.15, 0.2) is 29.2 Å². The molecule has 1 atom stereocenters. The first-order valence-electron chi connectivity index (χ1n) is 6.97. The first-order valence-corrected chi connectivity index (χ1v) is 8.53. The van der Waals surface area contributed by atoms with Gasteiger partial charge in [-0.1, -0.05) is 19.1 Å². The molecular weight excluding hydrogens is 242 g/mol. The SMILES string of the molecule is CCC[NH+]1CCC(c2cccc(S(C)=O)c2)CC1. The Morgan fingerprint density at radius 2 is 2.06 bits per heavy atom. The van der Waals surface area contributed by atoms with E-state index in [1.165, 1.54) is 44.5 Å². The molecule has 1 N–H and O–H groups in total. The molecule has 0 aliphatic carbocycles. The Morgan fingerprint density at radius 3 is 2.67 bits per heavy atom. The maximum atomic E-state index is 11.5. The molecule has 1 heterocycles.